The third kappa shape index (κ3) is 5.90. The minimum absolute atomic E-state index is 0.194. The summed E-state index contributed by atoms with van der Waals surface area (Å²) >= 11 is 10.2. The van der Waals surface area contributed by atoms with E-state index in [4.69, 9.17) is 21.1 Å². The van der Waals surface area contributed by atoms with E-state index in [0.717, 1.165) is 22.2 Å². The van der Waals surface area contributed by atoms with E-state index in [9.17, 15) is 14.4 Å². The van der Waals surface area contributed by atoms with Crippen molar-refractivity contribution in [2.45, 2.75) is 26.5 Å². The number of esters is 1. The molecule has 2 aromatic rings. The summed E-state index contributed by atoms with van der Waals surface area (Å²) in [5, 5.41) is 0.112. The molecule has 2 amide bonds. The van der Waals surface area contributed by atoms with Crippen molar-refractivity contribution in [3.05, 3.63) is 61.9 Å². The SMILES string of the molecule is CCOc1cc(/C=C2/SC(=O)N([C@H](C)C(=O)OC)C2=O)cc(Br)c1OCc1ccc(Cl)cc1. The quantitative estimate of drug-likeness (QED) is 0.307. The van der Waals surface area contributed by atoms with Gasteiger partial charge in [0.2, 0.25) is 0 Å². The number of benzene rings is 2. The number of carbonyl (C=O) groups is 3. The molecule has 0 aromatic heterocycles. The number of methoxy groups -OCH3 is 1. The fraction of sp³-hybridized carbons (Fsp3) is 0.261. The second-order valence-electron chi connectivity index (χ2n) is 6.93. The number of amides is 2. The zero-order valence-corrected chi connectivity index (χ0v) is 21.3. The van der Waals surface area contributed by atoms with Crippen molar-refractivity contribution >= 4 is 62.5 Å². The predicted molar refractivity (Wildman–Crippen MR) is 130 cm³/mol. The monoisotopic (exact) mass is 553 g/mol. The molecule has 0 N–H and O–H groups in total. The normalized spacial score (nSPS) is 15.7. The zero-order chi connectivity index (χ0) is 24.1. The average Bonchev–Trinajstić information content (AvgIpc) is 3.06. The van der Waals surface area contributed by atoms with E-state index in [2.05, 4.69) is 20.7 Å². The van der Waals surface area contributed by atoms with Gasteiger partial charge in [-0.05, 0) is 83.0 Å². The number of halogens is 2. The molecule has 7 nitrogen and oxygen atoms in total. The smallest absolute Gasteiger partial charge is 0.328 e. The first kappa shape index (κ1) is 25.1. The Balaban J connectivity index is 1.86. The minimum atomic E-state index is -1.01. The molecule has 1 heterocycles. The Hall–Kier alpha value is -2.49. The maximum Gasteiger partial charge on any atom is 0.328 e. The molecule has 1 atom stereocenters. The highest BCUT2D eigenvalue weighted by atomic mass is 79.9. The molecule has 2 aromatic carbocycles. The van der Waals surface area contributed by atoms with Crippen LogP contribution in [0.2, 0.25) is 5.02 Å². The van der Waals surface area contributed by atoms with Crippen molar-refractivity contribution in [3.63, 3.8) is 0 Å². The van der Waals surface area contributed by atoms with E-state index in [-0.39, 0.29) is 4.91 Å². The Morgan fingerprint density at radius 3 is 2.55 bits per heavy atom. The van der Waals surface area contributed by atoms with Gasteiger partial charge in [0.05, 0.1) is 23.1 Å². The molecule has 33 heavy (non-hydrogen) atoms. The second-order valence-corrected chi connectivity index (χ2v) is 9.21. The molecule has 0 aliphatic carbocycles. The summed E-state index contributed by atoms with van der Waals surface area (Å²) in [7, 11) is 1.21. The topological polar surface area (TPSA) is 82.1 Å². The number of rotatable bonds is 8. The van der Waals surface area contributed by atoms with Crippen LogP contribution >= 0.6 is 39.3 Å². The van der Waals surface area contributed by atoms with Crippen molar-refractivity contribution in [3.8, 4) is 11.5 Å². The first-order valence-corrected chi connectivity index (χ1v) is 11.9. The predicted octanol–water partition coefficient (Wildman–Crippen LogP) is 5.68. The van der Waals surface area contributed by atoms with Gasteiger partial charge in [-0.1, -0.05) is 23.7 Å². The van der Waals surface area contributed by atoms with E-state index >= 15 is 0 Å². The van der Waals surface area contributed by atoms with Crippen LogP contribution in [0.3, 0.4) is 0 Å². The Labute approximate surface area is 209 Å². The van der Waals surface area contributed by atoms with Crippen molar-refractivity contribution in [1.82, 2.24) is 4.90 Å². The van der Waals surface area contributed by atoms with Crippen LogP contribution in [0.5, 0.6) is 11.5 Å². The van der Waals surface area contributed by atoms with E-state index in [1.165, 1.54) is 14.0 Å². The van der Waals surface area contributed by atoms with Gasteiger partial charge >= 0.3 is 5.97 Å². The molecule has 0 radical (unpaired) electrons. The Morgan fingerprint density at radius 1 is 1.21 bits per heavy atom. The third-order valence-electron chi connectivity index (χ3n) is 4.68. The first-order chi connectivity index (χ1) is 15.7. The fourth-order valence-electron chi connectivity index (χ4n) is 3.05. The van der Waals surface area contributed by atoms with Gasteiger partial charge in [-0.15, -0.1) is 0 Å². The van der Waals surface area contributed by atoms with Gasteiger partial charge in [-0.2, -0.15) is 0 Å². The van der Waals surface area contributed by atoms with Crippen LogP contribution in [0.25, 0.3) is 6.08 Å². The highest BCUT2D eigenvalue weighted by Crippen LogP contribution is 2.40. The van der Waals surface area contributed by atoms with Gasteiger partial charge in [0, 0.05) is 5.02 Å². The molecule has 0 saturated carbocycles. The van der Waals surface area contributed by atoms with E-state index in [1.54, 1.807) is 30.3 Å². The van der Waals surface area contributed by atoms with Crippen molar-refractivity contribution in [2.24, 2.45) is 0 Å². The minimum Gasteiger partial charge on any atom is -0.490 e. The summed E-state index contributed by atoms with van der Waals surface area (Å²) in [6.07, 6.45) is 1.57. The molecular formula is C23H21BrClNO6S. The third-order valence-corrected chi connectivity index (χ3v) is 6.40. The van der Waals surface area contributed by atoms with Crippen LogP contribution in [-0.4, -0.2) is 41.8 Å². The Morgan fingerprint density at radius 2 is 1.91 bits per heavy atom. The number of thioether (sulfide) groups is 1. The van der Waals surface area contributed by atoms with Gasteiger partial charge in [-0.3, -0.25) is 14.5 Å². The molecule has 1 fully saturated rings. The van der Waals surface area contributed by atoms with Crippen LogP contribution in [0, 0.1) is 0 Å². The van der Waals surface area contributed by atoms with Crippen molar-refractivity contribution in [1.29, 1.82) is 0 Å². The number of imide groups is 1. The zero-order valence-electron chi connectivity index (χ0n) is 18.1. The first-order valence-electron chi connectivity index (χ1n) is 9.93. The lowest BCUT2D eigenvalue weighted by Crippen LogP contribution is -2.42. The number of ether oxygens (including phenoxy) is 3. The molecular weight excluding hydrogens is 534 g/mol. The van der Waals surface area contributed by atoms with Gasteiger partial charge < -0.3 is 14.2 Å². The molecule has 0 unspecified atom stereocenters. The van der Waals surface area contributed by atoms with Gasteiger partial charge in [0.15, 0.2) is 11.5 Å². The average molecular weight is 555 g/mol. The fourth-order valence-corrected chi connectivity index (χ4v) is 4.66. The van der Waals surface area contributed by atoms with Crippen LogP contribution in [0.15, 0.2) is 45.8 Å². The molecule has 174 valence electrons. The van der Waals surface area contributed by atoms with Gasteiger partial charge in [0.25, 0.3) is 11.1 Å². The summed E-state index contributed by atoms with van der Waals surface area (Å²) in [6, 6.07) is 9.79. The summed E-state index contributed by atoms with van der Waals surface area (Å²) in [5.41, 5.74) is 1.56. The molecule has 1 saturated heterocycles. The van der Waals surface area contributed by atoms with Gasteiger partial charge in [0.1, 0.15) is 12.6 Å². The number of hydrogen-bond acceptors (Lipinski definition) is 7. The summed E-state index contributed by atoms with van der Waals surface area (Å²) < 4.78 is 17.0. The second kappa shape index (κ2) is 11.1. The van der Waals surface area contributed by atoms with Crippen molar-refractivity contribution in [2.75, 3.05) is 13.7 Å². The molecule has 1 aliphatic heterocycles. The molecule has 0 spiro atoms. The number of nitrogens with zero attached hydrogens (tertiary/aromatic N) is 1. The summed E-state index contributed by atoms with van der Waals surface area (Å²) in [5.74, 6) is -0.229. The van der Waals surface area contributed by atoms with Crippen LogP contribution in [0.1, 0.15) is 25.0 Å². The lowest BCUT2D eigenvalue weighted by molar-refractivity contribution is -0.148. The highest BCUT2D eigenvalue weighted by Gasteiger charge is 2.41. The molecule has 3 rings (SSSR count). The molecule has 10 heteroatoms. The van der Waals surface area contributed by atoms with Crippen molar-refractivity contribution < 1.29 is 28.6 Å². The number of hydrogen-bond donors (Lipinski definition) is 0. The standard InChI is InChI=1S/C23H21BrClNO6S/c1-4-31-18-10-15(9-17(24)20(18)32-12-14-5-7-16(25)8-6-14)11-19-21(27)26(23(29)33-19)13(2)22(28)30-3/h5-11,13H,4,12H2,1-3H3/b19-11+/t13-/m1/s1. The highest BCUT2D eigenvalue weighted by molar-refractivity contribution is 9.10. The van der Waals surface area contributed by atoms with Gasteiger partial charge in [-0.25, -0.2) is 4.79 Å². The maximum absolute atomic E-state index is 12.8. The molecule has 1 aliphatic rings. The van der Waals surface area contributed by atoms with E-state index in [1.807, 2.05) is 19.1 Å². The Bertz CT molecular complexity index is 1100. The summed E-state index contributed by atoms with van der Waals surface area (Å²) in [4.78, 5) is 38.0. The maximum atomic E-state index is 12.8. The molecule has 0 bridgehead atoms. The van der Waals surface area contributed by atoms with E-state index in [0.29, 0.717) is 39.8 Å². The lowest BCUT2D eigenvalue weighted by atomic mass is 10.1. The van der Waals surface area contributed by atoms with Crippen LogP contribution in [0.4, 0.5) is 4.79 Å². The lowest BCUT2D eigenvalue weighted by Gasteiger charge is -2.18. The summed E-state index contributed by atoms with van der Waals surface area (Å²) in [6.45, 7) is 4.00. The van der Waals surface area contributed by atoms with Crippen LogP contribution in [-0.2, 0) is 20.9 Å². The Kier molecular flexibility index (Phi) is 8.45. The number of carbonyl (C=O) groups excluding carboxylic acids is 3. The van der Waals surface area contributed by atoms with E-state index < -0.39 is 23.2 Å². The van der Waals surface area contributed by atoms with Crippen LogP contribution < -0.4 is 9.47 Å². The largest absolute Gasteiger partial charge is 0.490 e.